The van der Waals surface area contributed by atoms with Crippen molar-refractivity contribution in [2.45, 2.75) is 32.8 Å². The molecule has 0 atom stereocenters. The van der Waals surface area contributed by atoms with Crippen molar-refractivity contribution < 1.29 is 9.84 Å². The SMILES string of the molecule is Cc1ccc(N)cc1OCCC(C)(C)O. The van der Waals surface area contributed by atoms with Gasteiger partial charge < -0.3 is 15.6 Å². The van der Waals surface area contributed by atoms with Gasteiger partial charge in [0.15, 0.2) is 0 Å². The van der Waals surface area contributed by atoms with Gasteiger partial charge in [0.1, 0.15) is 5.75 Å². The molecule has 1 aromatic carbocycles. The molecule has 15 heavy (non-hydrogen) atoms. The summed E-state index contributed by atoms with van der Waals surface area (Å²) in [6.07, 6.45) is 0.598. The van der Waals surface area contributed by atoms with Gasteiger partial charge in [-0.2, -0.15) is 0 Å². The van der Waals surface area contributed by atoms with Gasteiger partial charge in [-0.3, -0.25) is 0 Å². The van der Waals surface area contributed by atoms with E-state index in [0.29, 0.717) is 18.7 Å². The zero-order valence-corrected chi connectivity index (χ0v) is 9.58. The largest absolute Gasteiger partial charge is 0.493 e. The van der Waals surface area contributed by atoms with Crippen LogP contribution in [0.5, 0.6) is 5.75 Å². The summed E-state index contributed by atoms with van der Waals surface area (Å²) in [6, 6.07) is 5.58. The number of ether oxygens (including phenoxy) is 1. The molecule has 0 radical (unpaired) electrons. The number of anilines is 1. The summed E-state index contributed by atoms with van der Waals surface area (Å²) < 4.78 is 5.55. The third-order valence-electron chi connectivity index (χ3n) is 2.18. The zero-order valence-electron chi connectivity index (χ0n) is 9.58. The maximum atomic E-state index is 9.51. The van der Waals surface area contributed by atoms with E-state index in [1.807, 2.05) is 19.1 Å². The highest BCUT2D eigenvalue weighted by molar-refractivity contribution is 5.47. The lowest BCUT2D eigenvalue weighted by molar-refractivity contribution is 0.0552. The van der Waals surface area contributed by atoms with Crippen LogP contribution in [0.25, 0.3) is 0 Å². The van der Waals surface area contributed by atoms with Crippen LogP contribution < -0.4 is 10.5 Å². The third-order valence-corrected chi connectivity index (χ3v) is 2.18. The van der Waals surface area contributed by atoms with Gasteiger partial charge in [0, 0.05) is 18.2 Å². The van der Waals surface area contributed by atoms with Crippen LogP contribution >= 0.6 is 0 Å². The molecule has 0 heterocycles. The van der Waals surface area contributed by atoms with Gasteiger partial charge in [-0.25, -0.2) is 0 Å². The molecule has 0 aliphatic carbocycles. The number of rotatable bonds is 4. The molecule has 1 rings (SSSR count). The van der Waals surface area contributed by atoms with Crippen LogP contribution in [0.4, 0.5) is 5.69 Å². The molecule has 0 fully saturated rings. The Morgan fingerprint density at radius 1 is 1.40 bits per heavy atom. The molecule has 0 saturated heterocycles. The Hall–Kier alpha value is -1.22. The van der Waals surface area contributed by atoms with E-state index < -0.39 is 5.60 Å². The van der Waals surface area contributed by atoms with E-state index in [-0.39, 0.29) is 0 Å². The Morgan fingerprint density at radius 3 is 2.67 bits per heavy atom. The molecule has 0 aromatic heterocycles. The fourth-order valence-electron chi connectivity index (χ4n) is 1.18. The molecule has 0 aliphatic rings. The van der Waals surface area contributed by atoms with E-state index in [9.17, 15) is 5.11 Å². The van der Waals surface area contributed by atoms with Crippen LogP contribution in [-0.4, -0.2) is 17.3 Å². The highest BCUT2D eigenvalue weighted by atomic mass is 16.5. The molecule has 3 heteroatoms. The van der Waals surface area contributed by atoms with Crippen molar-refractivity contribution in [1.29, 1.82) is 0 Å². The van der Waals surface area contributed by atoms with Crippen LogP contribution in [-0.2, 0) is 0 Å². The van der Waals surface area contributed by atoms with Crippen molar-refractivity contribution in [3.8, 4) is 5.75 Å². The summed E-state index contributed by atoms with van der Waals surface area (Å²) in [6.45, 7) is 6.00. The van der Waals surface area contributed by atoms with Gasteiger partial charge in [0.25, 0.3) is 0 Å². The van der Waals surface area contributed by atoms with Crippen molar-refractivity contribution in [2.75, 3.05) is 12.3 Å². The van der Waals surface area contributed by atoms with E-state index >= 15 is 0 Å². The summed E-state index contributed by atoms with van der Waals surface area (Å²) in [7, 11) is 0. The van der Waals surface area contributed by atoms with Crippen molar-refractivity contribution in [3.63, 3.8) is 0 Å². The van der Waals surface area contributed by atoms with Crippen LogP contribution in [0, 0.1) is 6.92 Å². The molecule has 0 saturated carbocycles. The number of benzene rings is 1. The van der Waals surface area contributed by atoms with E-state index in [1.165, 1.54) is 0 Å². The highest BCUT2D eigenvalue weighted by Crippen LogP contribution is 2.21. The van der Waals surface area contributed by atoms with E-state index in [2.05, 4.69) is 0 Å². The van der Waals surface area contributed by atoms with E-state index in [0.717, 1.165) is 11.3 Å². The maximum Gasteiger partial charge on any atom is 0.124 e. The van der Waals surface area contributed by atoms with Gasteiger partial charge in [0.05, 0.1) is 12.2 Å². The summed E-state index contributed by atoms with van der Waals surface area (Å²) in [4.78, 5) is 0. The fraction of sp³-hybridized carbons (Fsp3) is 0.500. The van der Waals surface area contributed by atoms with Crippen molar-refractivity contribution in [1.82, 2.24) is 0 Å². The molecule has 3 nitrogen and oxygen atoms in total. The van der Waals surface area contributed by atoms with Crippen molar-refractivity contribution in [3.05, 3.63) is 23.8 Å². The Morgan fingerprint density at radius 2 is 2.07 bits per heavy atom. The molecular weight excluding hydrogens is 190 g/mol. The Labute approximate surface area is 90.9 Å². The van der Waals surface area contributed by atoms with Crippen LogP contribution in [0.1, 0.15) is 25.8 Å². The quantitative estimate of drug-likeness (QED) is 0.747. The number of aryl methyl sites for hydroxylation is 1. The number of nitrogens with two attached hydrogens (primary N) is 1. The number of hydrogen-bond acceptors (Lipinski definition) is 3. The molecule has 3 N–H and O–H groups in total. The molecule has 84 valence electrons. The normalized spacial score (nSPS) is 11.5. The second kappa shape index (κ2) is 4.53. The molecule has 1 aromatic rings. The first-order valence-electron chi connectivity index (χ1n) is 5.10. The standard InChI is InChI=1S/C12H19NO2/c1-9-4-5-10(13)8-11(9)15-7-6-12(2,3)14/h4-5,8,14H,6-7,13H2,1-3H3. The molecule has 0 bridgehead atoms. The van der Waals surface area contributed by atoms with Gasteiger partial charge >= 0.3 is 0 Å². The Bertz CT molecular complexity index is 329. The minimum atomic E-state index is -0.686. The second-order valence-corrected chi connectivity index (χ2v) is 4.44. The average Bonchev–Trinajstić information content (AvgIpc) is 2.09. The summed E-state index contributed by atoms with van der Waals surface area (Å²) in [5.41, 5.74) is 6.72. The van der Waals surface area contributed by atoms with Crippen molar-refractivity contribution >= 4 is 5.69 Å². The molecule has 0 unspecified atom stereocenters. The number of aliphatic hydroxyl groups is 1. The smallest absolute Gasteiger partial charge is 0.124 e. The molecule has 0 amide bonds. The van der Waals surface area contributed by atoms with Crippen molar-refractivity contribution in [2.24, 2.45) is 0 Å². The summed E-state index contributed by atoms with van der Waals surface area (Å²) in [5.74, 6) is 0.791. The van der Waals surface area contributed by atoms with Gasteiger partial charge in [-0.05, 0) is 32.4 Å². The lowest BCUT2D eigenvalue weighted by Crippen LogP contribution is -2.21. The molecule has 0 spiro atoms. The first-order valence-corrected chi connectivity index (χ1v) is 5.10. The van der Waals surface area contributed by atoms with Crippen LogP contribution in [0.2, 0.25) is 0 Å². The monoisotopic (exact) mass is 209 g/mol. The minimum Gasteiger partial charge on any atom is -0.493 e. The van der Waals surface area contributed by atoms with Crippen LogP contribution in [0.3, 0.4) is 0 Å². The van der Waals surface area contributed by atoms with Gasteiger partial charge in [-0.15, -0.1) is 0 Å². The highest BCUT2D eigenvalue weighted by Gasteiger charge is 2.12. The zero-order chi connectivity index (χ0) is 11.5. The van der Waals surface area contributed by atoms with Gasteiger partial charge in [-0.1, -0.05) is 6.07 Å². The second-order valence-electron chi connectivity index (χ2n) is 4.44. The summed E-state index contributed by atoms with van der Waals surface area (Å²) in [5, 5.41) is 9.51. The number of nitrogen functional groups attached to an aromatic ring is 1. The number of hydrogen-bond donors (Lipinski definition) is 2. The predicted octanol–water partition coefficient (Wildman–Crippen LogP) is 2.12. The first-order chi connectivity index (χ1) is 6.88. The van der Waals surface area contributed by atoms with E-state index in [4.69, 9.17) is 10.5 Å². The topological polar surface area (TPSA) is 55.5 Å². The molecular formula is C12H19NO2. The first kappa shape index (κ1) is 11.9. The minimum absolute atomic E-state index is 0.494. The summed E-state index contributed by atoms with van der Waals surface area (Å²) >= 11 is 0. The maximum absolute atomic E-state index is 9.51. The average molecular weight is 209 g/mol. The lowest BCUT2D eigenvalue weighted by atomic mass is 10.1. The van der Waals surface area contributed by atoms with E-state index in [1.54, 1.807) is 19.9 Å². The Kier molecular flexibility index (Phi) is 3.58. The lowest BCUT2D eigenvalue weighted by Gasteiger charge is -2.17. The van der Waals surface area contributed by atoms with Crippen LogP contribution in [0.15, 0.2) is 18.2 Å². The molecule has 0 aliphatic heterocycles. The predicted molar refractivity (Wildman–Crippen MR) is 62.0 cm³/mol. The third kappa shape index (κ3) is 4.21. The Balaban J connectivity index is 2.54. The van der Waals surface area contributed by atoms with Gasteiger partial charge in [0.2, 0.25) is 0 Å². The fourth-order valence-corrected chi connectivity index (χ4v) is 1.18.